The Labute approximate surface area is 135 Å². The highest BCUT2D eigenvalue weighted by Crippen LogP contribution is 2.21. The first-order valence-corrected chi connectivity index (χ1v) is 9.05. The van der Waals surface area contributed by atoms with Crippen molar-refractivity contribution in [2.45, 2.75) is 45.1 Å². The zero-order chi connectivity index (χ0) is 14.7. The van der Waals surface area contributed by atoms with E-state index >= 15 is 0 Å². The standard InChI is InChI=1S/C14H23N5S2/c1-11-16-17-14(21-11)19-9-7-18(8-10-19)13(20)15-12-5-3-2-4-6-12/h12H,2-10H2,1H3,(H,15,20). The first-order chi connectivity index (χ1) is 10.2. The first kappa shape index (κ1) is 15.0. The van der Waals surface area contributed by atoms with E-state index in [9.17, 15) is 0 Å². The van der Waals surface area contributed by atoms with Gasteiger partial charge in [0.05, 0.1) is 0 Å². The number of nitrogens with one attached hydrogen (secondary N) is 1. The fourth-order valence-electron chi connectivity index (χ4n) is 3.03. The molecule has 116 valence electrons. The van der Waals surface area contributed by atoms with Crippen LogP contribution in [0.25, 0.3) is 0 Å². The predicted molar refractivity (Wildman–Crippen MR) is 91.0 cm³/mol. The number of aromatic nitrogens is 2. The van der Waals surface area contributed by atoms with E-state index in [0.29, 0.717) is 6.04 Å². The maximum absolute atomic E-state index is 5.59. The summed E-state index contributed by atoms with van der Waals surface area (Å²) in [6.07, 6.45) is 6.59. The van der Waals surface area contributed by atoms with E-state index in [1.807, 2.05) is 6.92 Å². The Balaban J connectivity index is 1.47. The summed E-state index contributed by atoms with van der Waals surface area (Å²) in [5, 5.41) is 14.9. The van der Waals surface area contributed by atoms with E-state index in [1.165, 1.54) is 32.1 Å². The highest BCUT2D eigenvalue weighted by atomic mass is 32.1. The Hall–Kier alpha value is -0.950. The summed E-state index contributed by atoms with van der Waals surface area (Å²) in [7, 11) is 0. The fraction of sp³-hybridized carbons (Fsp3) is 0.786. The van der Waals surface area contributed by atoms with Crippen molar-refractivity contribution in [1.29, 1.82) is 0 Å². The minimum absolute atomic E-state index is 0.593. The summed E-state index contributed by atoms with van der Waals surface area (Å²) in [4.78, 5) is 4.61. The number of hydrogen-bond donors (Lipinski definition) is 1. The van der Waals surface area contributed by atoms with Gasteiger partial charge in [0.25, 0.3) is 0 Å². The van der Waals surface area contributed by atoms with Crippen LogP contribution in [0.4, 0.5) is 5.13 Å². The third-order valence-electron chi connectivity index (χ3n) is 4.29. The molecule has 1 aliphatic heterocycles. The number of nitrogens with zero attached hydrogens (tertiary/aromatic N) is 4. The summed E-state index contributed by atoms with van der Waals surface area (Å²) >= 11 is 7.25. The summed E-state index contributed by atoms with van der Waals surface area (Å²) in [6, 6.07) is 0.593. The van der Waals surface area contributed by atoms with Crippen LogP contribution in [0, 0.1) is 6.92 Å². The molecule has 0 aromatic carbocycles. The Morgan fingerprint density at radius 2 is 1.86 bits per heavy atom. The van der Waals surface area contributed by atoms with Crippen LogP contribution in [0.2, 0.25) is 0 Å². The molecule has 21 heavy (non-hydrogen) atoms. The maximum Gasteiger partial charge on any atom is 0.208 e. The monoisotopic (exact) mass is 325 g/mol. The van der Waals surface area contributed by atoms with Crippen molar-refractivity contribution < 1.29 is 0 Å². The average Bonchev–Trinajstić information content (AvgIpc) is 2.95. The molecule has 2 heterocycles. The van der Waals surface area contributed by atoms with Crippen LogP contribution in [0.15, 0.2) is 0 Å². The van der Waals surface area contributed by atoms with Gasteiger partial charge in [-0.05, 0) is 32.0 Å². The van der Waals surface area contributed by atoms with Gasteiger partial charge in [0.15, 0.2) is 5.11 Å². The normalized spacial score (nSPS) is 20.6. The second kappa shape index (κ2) is 6.87. The van der Waals surface area contributed by atoms with Gasteiger partial charge >= 0.3 is 0 Å². The number of piperazine rings is 1. The van der Waals surface area contributed by atoms with Gasteiger partial charge in [-0.25, -0.2) is 0 Å². The zero-order valence-electron chi connectivity index (χ0n) is 12.5. The molecular weight excluding hydrogens is 302 g/mol. The van der Waals surface area contributed by atoms with Crippen molar-refractivity contribution in [3.05, 3.63) is 5.01 Å². The molecule has 1 aliphatic carbocycles. The van der Waals surface area contributed by atoms with E-state index in [4.69, 9.17) is 12.2 Å². The van der Waals surface area contributed by atoms with E-state index in [1.54, 1.807) is 11.3 Å². The second-order valence-corrected chi connectivity index (χ2v) is 7.41. The van der Waals surface area contributed by atoms with Crippen LogP contribution in [0.5, 0.6) is 0 Å². The van der Waals surface area contributed by atoms with Crippen molar-refractivity contribution in [3.8, 4) is 0 Å². The van der Waals surface area contributed by atoms with Crippen LogP contribution in [0.1, 0.15) is 37.1 Å². The van der Waals surface area contributed by atoms with E-state index < -0.39 is 0 Å². The van der Waals surface area contributed by atoms with Crippen LogP contribution >= 0.6 is 23.6 Å². The van der Waals surface area contributed by atoms with E-state index in [-0.39, 0.29) is 0 Å². The number of rotatable bonds is 2. The summed E-state index contributed by atoms with van der Waals surface area (Å²) in [6.45, 7) is 5.89. The molecule has 7 heteroatoms. The highest BCUT2D eigenvalue weighted by molar-refractivity contribution is 7.80. The molecule has 0 unspecified atom stereocenters. The molecule has 0 amide bonds. The zero-order valence-corrected chi connectivity index (χ0v) is 14.2. The number of anilines is 1. The minimum Gasteiger partial charge on any atom is -0.360 e. The van der Waals surface area contributed by atoms with Gasteiger partial charge in [-0.2, -0.15) is 0 Å². The van der Waals surface area contributed by atoms with Gasteiger partial charge in [-0.1, -0.05) is 30.6 Å². The van der Waals surface area contributed by atoms with Crippen LogP contribution < -0.4 is 10.2 Å². The van der Waals surface area contributed by atoms with Crippen molar-refractivity contribution in [1.82, 2.24) is 20.4 Å². The number of thiocarbonyl (C=S) groups is 1. The van der Waals surface area contributed by atoms with Crippen molar-refractivity contribution >= 4 is 33.8 Å². The molecule has 0 bridgehead atoms. The van der Waals surface area contributed by atoms with Gasteiger partial charge in [-0.15, -0.1) is 10.2 Å². The molecule has 3 rings (SSSR count). The topological polar surface area (TPSA) is 44.3 Å². The smallest absolute Gasteiger partial charge is 0.208 e. The average molecular weight is 326 g/mol. The van der Waals surface area contributed by atoms with Crippen molar-refractivity contribution in [2.24, 2.45) is 0 Å². The van der Waals surface area contributed by atoms with Gasteiger partial charge in [0.2, 0.25) is 5.13 Å². The molecule has 1 aromatic rings. The summed E-state index contributed by atoms with van der Waals surface area (Å²) in [5.41, 5.74) is 0. The van der Waals surface area contributed by atoms with Crippen molar-refractivity contribution in [3.63, 3.8) is 0 Å². The molecule has 0 radical (unpaired) electrons. The molecule has 1 N–H and O–H groups in total. The molecule has 1 aromatic heterocycles. The van der Waals surface area contributed by atoms with Gasteiger partial charge in [-0.3, -0.25) is 0 Å². The molecule has 1 saturated carbocycles. The lowest BCUT2D eigenvalue weighted by atomic mass is 9.96. The lowest BCUT2D eigenvalue weighted by Gasteiger charge is -2.37. The largest absolute Gasteiger partial charge is 0.360 e. The molecule has 5 nitrogen and oxygen atoms in total. The summed E-state index contributed by atoms with van der Waals surface area (Å²) < 4.78 is 0. The summed E-state index contributed by atoms with van der Waals surface area (Å²) in [5.74, 6) is 0. The van der Waals surface area contributed by atoms with Crippen molar-refractivity contribution in [2.75, 3.05) is 31.1 Å². The van der Waals surface area contributed by atoms with Crippen LogP contribution in [-0.2, 0) is 0 Å². The minimum atomic E-state index is 0.593. The Morgan fingerprint density at radius 1 is 1.14 bits per heavy atom. The quantitative estimate of drug-likeness (QED) is 0.841. The molecule has 1 saturated heterocycles. The maximum atomic E-state index is 5.59. The molecule has 2 fully saturated rings. The predicted octanol–water partition coefficient (Wildman–Crippen LogP) is 2.18. The Bertz CT molecular complexity index is 475. The number of aryl methyl sites for hydroxylation is 1. The van der Waals surface area contributed by atoms with Gasteiger partial charge in [0, 0.05) is 32.2 Å². The lowest BCUT2D eigenvalue weighted by Crippen LogP contribution is -2.53. The third-order valence-corrected chi connectivity index (χ3v) is 5.56. The SMILES string of the molecule is Cc1nnc(N2CCN(C(=S)NC3CCCCC3)CC2)s1. The van der Waals surface area contributed by atoms with Crippen LogP contribution in [0.3, 0.4) is 0 Å². The lowest BCUT2D eigenvalue weighted by molar-refractivity contribution is 0.354. The Morgan fingerprint density at radius 3 is 2.48 bits per heavy atom. The number of hydrogen-bond acceptors (Lipinski definition) is 5. The van der Waals surface area contributed by atoms with E-state index in [0.717, 1.165) is 41.4 Å². The van der Waals surface area contributed by atoms with Crippen LogP contribution in [-0.4, -0.2) is 52.4 Å². The first-order valence-electron chi connectivity index (χ1n) is 7.83. The van der Waals surface area contributed by atoms with Gasteiger partial charge < -0.3 is 15.1 Å². The highest BCUT2D eigenvalue weighted by Gasteiger charge is 2.23. The fourth-order valence-corrected chi connectivity index (χ4v) is 4.12. The van der Waals surface area contributed by atoms with Gasteiger partial charge in [0.1, 0.15) is 5.01 Å². The molecule has 2 aliphatic rings. The Kier molecular flexibility index (Phi) is 4.90. The second-order valence-electron chi connectivity index (χ2n) is 5.86. The van der Waals surface area contributed by atoms with E-state index in [2.05, 4.69) is 25.3 Å². The molecule has 0 atom stereocenters. The third kappa shape index (κ3) is 3.83. The molecular formula is C14H23N5S2. The molecule has 0 spiro atoms.